The number of nitrogens with two attached hydrogens (primary N) is 1. The molecule has 0 radical (unpaired) electrons. The number of nitrogen functional groups attached to an aromatic ring is 1. The summed E-state index contributed by atoms with van der Waals surface area (Å²) in [6.45, 7) is 0. The first-order chi connectivity index (χ1) is 9.15. The SMILES string of the molecule is Cn1ncc(-c2ccc(OC3CSC3)c(Cl)c2)c1N. The molecule has 19 heavy (non-hydrogen) atoms. The van der Waals surface area contributed by atoms with Crippen molar-refractivity contribution < 1.29 is 4.74 Å². The molecule has 2 N–H and O–H groups in total. The molecular weight excluding hydrogens is 282 g/mol. The number of rotatable bonds is 3. The zero-order chi connectivity index (χ0) is 13.4. The highest BCUT2D eigenvalue weighted by Gasteiger charge is 2.21. The number of halogens is 1. The Morgan fingerprint density at radius 3 is 2.79 bits per heavy atom. The number of nitrogens with zero attached hydrogens (tertiary/aromatic N) is 2. The van der Waals surface area contributed by atoms with Crippen molar-refractivity contribution in [3.8, 4) is 16.9 Å². The number of ether oxygens (including phenoxy) is 1. The summed E-state index contributed by atoms with van der Waals surface area (Å²) in [5, 5.41) is 4.74. The van der Waals surface area contributed by atoms with E-state index in [1.54, 1.807) is 10.9 Å². The predicted octanol–water partition coefficient (Wildman–Crippen LogP) is 2.82. The molecule has 1 aliphatic rings. The summed E-state index contributed by atoms with van der Waals surface area (Å²) in [6.07, 6.45) is 2.03. The van der Waals surface area contributed by atoms with Crippen molar-refractivity contribution in [1.82, 2.24) is 9.78 Å². The number of aromatic nitrogens is 2. The number of hydrogen-bond donors (Lipinski definition) is 1. The van der Waals surface area contributed by atoms with Gasteiger partial charge >= 0.3 is 0 Å². The molecule has 100 valence electrons. The van der Waals surface area contributed by atoms with Crippen molar-refractivity contribution in [2.24, 2.45) is 7.05 Å². The third-order valence-electron chi connectivity index (χ3n) is 3.13. The molecule has 1 aromatic carbocycles. The molecule has 0 amide bonds. The molecular formula is C13H14ClN3OS. The second kappa shape index (κ2) is 4.98. The topological polar surface area (TPSA) is 53.1 Å². The molecule has 0 aliphatic carbocycles. The van der Waals surface area contributed by atoms with Crippen LogP contribution in [0.2, 0.25) is 5.02 Å². The molecule has 0 saturated carbocycles. The molecule has 4 nitrogen and oxygen atoms in total. The summed E-state index contributed by atoms with van der Waals surface area (Å²) < 4.78 is 7.44. The van der Waals surface area contributed by atoms with Gasteiger partial charge in [0, 0.05) is 24.1 Å². The van der Waals surface area contributed by atoms with Crippen molar-refractivity contribution >= 4 is 29.2 Å². The minimum atomic E-state index is 0.289. The van der Waals surface area contributed by atoms with Crippen molar-refractivity contribution in [3.05, 3.63) is 29.4 Å². The van der Waals surface area contributed by atoms with Crippen LogP contribution in [0.1, 0.15) is 0 Å². The van der Waals surface area contributed by atoms with Crippen LogP contribution >= 0.6 is 23.4 Å². The lowest BCUT2D eigenvalue weighted by molar-refractivity contribution is 0.240. The van der Waals surface area contributed by atoms with Crippen LogP contribution < -0.4 is 10.5 Å². The van der Waals surface area contributed by atoms with Crippen LogP contribution in [0.25, 0.3) is 11.1 Å². The fourth-order valence-electron chi connectivity index (χ4n) is 1.90. The molecule has 3 rings (SSSR count). The number of benzene rings is 1. The Morgan fingerprint density at radius 1 is 1.47 bits per heavy atom. The van der Waals surface area contributed by atoms with E-state index in [-0.39, 0.29) is 6.10 Å². The first-order valence-electron chi connectivity index (χ1n) is 5.97. The Morgan fingerprint density at radius 2 is 2.26 bits per heavy atom. The summed E-state index contributed by atoms with van der Waals surface area (Å²) in [5.74, 6) is 3.43. The van der Waals surface area contributed by atoms with Crippen LogP contribution in [0.4, 0.5) is 5.82 Å². The van der Waals surface area contributed by atoms with Gasteiger partial charge in [0.2, 0.25) is 0 Å². The van der Waals surface area contributed by atoms with E-state index >= 15 is 0 Å². The Balaban J connectivity index is 1.88. The Kier molecular flexibility index (Phi) is 3.33. The fourth-order valence-corrected chi connectivity index (χ4v) is 2.68. The highest BCUT2D eigenvalue weighted by molar-refractivity contribution is 8.00. The Bertz CT molecular complexity index is 610. The molecule has 1 fully saturated rings. The maximum absolute atomic E-state index is 6.26. The predicted molar refractivity (Wildman–Crippen MR) is 79.8 cm³/mol. The second-order valence-electron chi connectivity index (χ2n) is 4.49. The lowest BCUT2D eigenvalue weighted by Gasteiger charge is -2.26. The van der Waals surface area contributed by atoms with E-state index in [0.29, 0.717) is 10.8 Å². The molecule has 6 heteroatoms. The second-order valence-corrected chi connectivity index (χ2v) is 5.97. The fraction of sp³-hybridized carbons (Fsp3) is 0.308. The maximum atomic E-state index is 6.26. The van der Waals surface area contributed by atoms with Gasteiger partial charge < -0.3 is 10.5 Å². The third kappa shape index (κ3) is 2.40. The van der Waals surface area contributed by atoms with Gasteiger partial charge in [-0.1, -0.05) is 17.7 Å². The van der Waals surface area contributed by atoms with Gasteiger partial charge in [-0.25, -0.2) is 0 Å². The van der Waals surface area contributed by atoms with Gasteiger partial charge in [0.25, 0.3) is 0 Å². The molecule has 1 aromatic heterocycles. The number of aryl methyl sites for hydroxylation is 1. The van der Waals surface area contributed by atoms with Gasteiger partial charge in [-0.05, 0) is 17.7 Å². The van der Waals surface area contributed by atoms with Gasteiger partial charge in [0.1, 0.15) is 17.7 Å². The number of thioether (sulfide) groups is 1. The maximum Gasteiger partial charge on any atom is 0.138 e. The molecule has 0 bridgehead atoms. The highest BCUT2D eigenvalue weighted by atomic mass is 35.5. The molecule has 2 heterocycles. The number of hydrogen-bond acceptors (Lipinski definition) is 4. The van der Waals surface area contributed by atoms with Crippen LogP contribution in [0.5, 0.6) is 5.75 Å². The average Bonchev–Trinajstić information content (AvgIpc) is 2.66. The van der Waals surface area contributed by atoms with Crippen LogP contribution in [0, 0.1) is 0 Å². The van der Waals surface area contributed by atoms with Gasteiger partial charge in [0.15, 0.2) is 0 Å². The van der Waals surface area contributed by atoms with E-state index in [2.05, 4.69) is 5.10 Å². The largest absolute Gasteiger partial charge is 0.487 e. The van der Waals surface area contributed by atoms with Crippen LogP contribution in [-0.4, -0.2) is 27.4 Å². The van der Waals surface area contributed by atoms with E-state index < -0.39 is 0 Å². The molecule has 1 aliphatic heterocycles. The van der Waals surface area contributed by atoms with Crippen LogP contribution in [0.3, 0.4) is 0 Å². The van der Waals surface area contributed by atoms with Crippen molar-refractivity contribution in [2.75, 3.05) is 17.2 Å². The van der Waals surface area contributed by atoms with Gasteiger partial charge in [-0.3, -0.25) is 4.68 Å². The monoisotopic (exact) mass is 295 g/mol. The smallest absolute Gasteiger partial charge is 0.138 e. The highest BCUT2D eigenvalue weighted by Crippen LogP contribution is 2.34. The van der Waals surface area contributed by atoms with E-state index in [4.69, 9.17) is 22.1 Å². The Hall–Kier alpha value is -1.33. The zero-order valence-electron chi connectivity index (χ0n) is 10.5. The lowest BCUT2D eigenvalue weighted by atomic mass is 10.1. The summed E-state index contributed by atoms with van der Waals surface area (Å²) >= 11 is 8.14. The lowest BCUT2D eigenvalue weighted by Crippen LogP contribution is -2.31. The van der Waals surface area contributed by atoms with E-state index in [0.717, 1.165) is 28.4 Å². The molecule has 0 unspecified atom stereocenters. The minimum absolute atomic E-state index is 0.289. The van der Waals surface area contributed by atoms with Crippen molar-refractivity contribution in [2.45, 2.75) is 6.10 Å². The van der Waals surface area contributed by atoms with Gasteiger partial charge in [-0.15, -0.1) is 0 Å². The first-order valence-corrected chi connectivity index (χ1v) is 7.50. The standard InChI is InChI=1S/C13H14ClN3OS/c1-17-13(15)10(5-16-17)8-2-3-12(11(14)4-8)18-9-6-19-7-9/h2-5,9H,6-7,15H2,1H3. The van der Waals surface area contributed by atoms with E-state index in [1.165, 1.54) is 0 Å². The molecule has 0 atom stereocenters. The van der Waals surface area contributed by atoms with Crippen LogP contribution in [0.15, 0.2) is 24.4 Å². The molecule has 1 saturated heterocycles. The van der Waals surface area contributed by atoms with Gasteiger partial charge in [-0.2, -0.15) is 16.9 Å². The average molecular weight is 296 g/mol. The van der Waals surface area contributed by atoms with Crippen LogP contribution in [-0.2, 0) is 7.05 Å². The minimum Gasteiger partial charge on any atom is -0.487 e. The number of anilines is 1. The summed E-state index contributed by atoms with van der Waals surface area (Å²) in [6, 6.07) is 5.73. The molecule has 0 spiro atoms. The Labute approximate surface area is 120 Å². The molecule has 2 aromatic rings. The third-order valence-corrected chi connectivity index (χ3v) is 4.64. The van der Waals surface area contributed by atoms with Crippen molar-refractivity contribution in [1.29, 1.82) is 0 Å². The summed E-state index contributed by atoms with van der Waals surface area (Å²) in [4.78, 5) is 0. The summed E-state index contributed by atoms with van der Waals surface area (Å²) in [7, 11) is 1.81. The zero-order valence-corrected chi connectivity index (χ0v) is 12.0. The summed E-state index contributed by atoms with van der Waals surface area (Å²) in [5.41, 5.74) is 7.79. The quantitative estimate of drug-likeness (QED) is 0.946. The van der Waals surface area contributed by atoms with E-state index in [9.17, 15) is 0 Å². The van der Waals surface area contributed by atoms with E-state index in [1.807, 2.05) is 37.0 Å². The normalized spacial score (nSPS) is 15.3. The van der Waals surface area contributed by atoms with Crippen molar-refractivity contribution in [3.63, 3.8) is 0 Å². The van der Waals surface area contributed by atoms with Gasteiger partial charge in [0.05, 0.1) is 11.2 Å². The first kappa shape index (κ1) is 12.7.